The SMILES string of the molecule is COCCCOCC(O)c1ccc2ccccc2c1. The summed E-state index contributed by atoms with van der Waals surface area (Å²) in [5.41, 5.74) is 0.894. The third-order valence-corrected chi connectivity index (χ3v) is 3.07. The molecule has 1 N–H and O–H groups in total. The number of methoxy groups -OCH3 is 1. The summed E-state index contributed by atoms with van der Waals surface area (Å²) in [6, 6.07) is 14.1. The van der Waals surface area contributed by atoms with Crippen LogP contribution in [0.15, 0.2) is 42.5 Å². The van der Waals surface area contributed by atoms with Gasteiger partial charge < -0.3 is 14.6 Å². The predicted octanol–water partition coefficient (Wildman–Crippen LogP) is 2.93. The molecule has 2 aromatic carbocycles. The Morgan fingerprint density at radius 2 is 1.84 bits per heavy atom. The molecule has 0 saturated heterocycles. The van der Waals surface area contributed by atoms with Crippen molar-refractivity contribution < 1.29 is 14.6 Å². The highest BCUT2D eigenvalue weighted by atomic mass is 16.5. The normalized spacial score (nSPS) is 12.7. The standard InChI is InChI=1S/C16H20O3/c1-18-9-4-10-19-12-16(17)15-8-7-13-5-2-3-6-14(13)11-15/h2-3,5-8,11,16-17H,4,9-10,12H2,1H3. The molecule has 3 nitrogen and oxygen atoms in total. The third kappa shape index (κ3) is 4.03. The lowest BCUT2D eigenvalue weighted by atomic mass is 10.0. The fourth-order valence-electron chi connectivity index (χ4n) is 2.01. The van der Waals surface area contributed by atoms with Gasteiger partial charge in [0.25, 0.3) is 0 Å². The zero-order valence-corrected chi connectivity index (χ0v) is 11.2. The molecule has 0 radical (unpaired) electrons. The highest BCUT2D eigenvalue weighted by Crippen LogP contribution is 2.20. The van der Waals surface area contributed by atoms with Gasteiger partial charge in [0.2, 0.25) is 0 Å². The maximum atomic E-state index is 10.1. The first-order chi connectivity index (χ1) is 9.31. The largest absolute Gasteiger partial charge is 0.386 e. The second-order valence-electron chi connectivity index (χ2n) is 4.54. The van der Waals surface area contributed by atoms with Crippen LogP contribution < -0.4 is 0 Å². The first kappa shape index (κ1) is 14.0. The van der Waals surface area contributed by atoms with Gasteiger partial charge in [-0.2, -0.15) is 0 Å². The van der Waals surface area contributed by atoms with Crippen molar-refractivity contribution in [3.05, 3.63) is 48.0 Å². The van der Waals surface area contributed by atoms with Gasteiger partial charge in [-0.25, -0.2) is 0 Å². The van der Waals surface area contributed by atoms with E-state index in [1.165, 1.54) is 5.39 Å². The summed E-state index contributed by atoms with van der Waals surface area (Å²) in [5.74, 6) is 0. The molecule has 1 atom stereocenters. The second kappa shape index (κ2) is 7.24. The first-order valence-corrected chi connectivity index (χ1v) is 6.54. The van der Waals surface area contributed by atoms with Crippen molar-refractivity contribution >= 4 is 10.8 Å². The fourth-order valence-corrected chi connectivity index (χ4v) is 2.01. The van der Waals surface area contributed by atoms with E-state index in [1.54, 1.807) is 7.11 Å². The Hall–Kier alpha value is -1.42. The Morgan fingerprint density at radius 3 is 2.63 bits per heavy atom. The maximum absolute atomic E-state index is 10.1. The van der Waals surface area contributed by atoms with Gasteiger partial charge in [0.05, 0.1) is 6.61 Å². The van der Waals surface area contributed by atoms with E-state index in [0.717, 1.165) is 17.4 Å². The van der Waals surface area contributed by atoms with E-state index in [9.17, 15) is 5.11 Å². The maximum Gasteiger partial charge on any atom is 0.102 e. The highest BCUT2D eigenvalue weighted by molar-refractivity contribution is 5.83. The van der Waals surface area contributed by atoms with E-state index >= 15 is 0 Å². The number of aliphatic hydroxyl groups excluding tert-OH is 1. The van der Waals surface area contributed by atoms with Gasteiger partial charge in [0.1, 0.15) is 6.10 Å². The van der Waals surface area contributed by atoms with Crippen LogP contribution in [0.3, 0.4) is 0 Å². The Labute approximate surface area is 113 Å². The minimum Gasteiger partial charge on any atom is -0.386 e. The molecule has 0 aromatic heterocycles. The average molecular weight is 260 g/mol. The van der Waals surface area contributed by atoms with Crippen LogP contribution in [0.5, 0.6) is 0 Å². The number of aliphatic hydroxyl groups is 1. The lowest BCUT2D eigenvalue weighted by Gasteiger charge is -2.12. The molecule has 0 bridgehead atoms. The fraction of sp³-hybridized carbons (Fsp3) is 0.375. The molecule has 0 aliphatic carbocycles. The van der Waals surface area contributed by atoms with E-state index in [0.29, 0.717) is 19.8 Å². The van der Waals surface area contributed by atoms with Crippen LogP contribution in [0, 0.1) is 0 Å². The van der Waals surface area contributed by atoms with Crippen LogP contribution in [0.25, 0.3) is 10.8 Å². The van der Waals surface area contributed by atoms with Crippen LogP contribution in [-0.4, -0.2) is 32.0 Å². The zero-order chi connectivity index (χ0) is 13.5. The van der Waals surface area contributed by atoms with Gasteiger partial charge in [-0.3, -0.25) is 0 Å². The monoisotopic (exact) mass is 260 g/mol. The van der Waals surface area contributed by atoms with Gasteiger partial charge in [0.15, 0.2) is 0 Å². The minimum atomic E-state index is -0.577. The van der Waals surface area contributed by atoms with Crippen molar-refractivity contribution in [3.63, 3.8) is 0 Å². The van der Waals surface area contributed by atoms with Crippen molar-refractivity contribution in [3.8, 4) is 0 Å². The Kier molecular flexibility index (Phi) is 5.33. The molecule has 0 fully saturated rings. The van der Waals surface area contributed by atoms with Crippen LogP contribution >= 0.6 is 0 Å². The molecule has 0 heterocycles. The van der Waals surface area contributed by atoms with Gasteiger partial charge in [-0.05, 0) is 28.8 Å². The van der Waals surface area contributed by atoms with Crippen molar-refractivity contribution in [2.75, 3.05) is 26.9 Å². The molecule has 19 heavy (non-hydrogen) atoms. The molecular formula is C16H20O3. The summed E-state index contributed by atoms with van der Waals surface area (Å²) in [4.78, 5) is 0. The summed E-state index contributed by atoms with van der Waals surface area (Å²) in [5, 5.41) is 12.4. The topological polar surface area (TPSA) is 38.7 Å². The van der Waals surface area contributed by atoms with E-state index < -0.39 is 6.10 Å². The van der Waals surface area contributed by atoms with Gasteiger partial charge in [-0.1, -0.05) is 36.4 Å². The molecule has 2 aromatic rings. The van der Waals surface area contributed by atoms with Gasteiger partial charge >= 0.3 is 0 Å². The Bertz CT molecular complexity index is 510. The Balaban J connectivity index is 1.91. The second-order valence-corrected chi connectivity index (χ2v) is 4.54. The molecule has 0 saturated carbocycles. The number of rotatable bonds is 7. The van der Waals surface area contributed by atoms with Crippen LogP contribution in [0.2, 0.25) is 0 Å². The molecule has 3 heteroatoms. The predicted molar refractivity (Wildman–Crippen MR) is 76.2 cm³/mol. The van der Waals surface area contributed by atoms with Gasteiger partial charge in [0, 0.05) is 20.3 Å². The molecule has 0 amide bonds. The van der Waals surface area contributed by atoms with Crippen LogP contribution in [-0.2, 0) is 9.47 Å². The summed E-state index contributed by atoms with van der Waals surface area (Å²) in [6.07, 6.45) is 0.271. The number of benzene rings is 2. The van der Waals surface area contributed by atoms with E-state index in [2.05, 4.69) is 6.07 Å². The molecule has 2 rings (SSSR count). The average Bonchev–Trinajstić information content (AvgIpc) is 2.46. The molecule has 102 valence electrons. The van der Waals surface area contributed by atoms with Crippen molar-refractivity contribution in [1.29, 1.82) is 0 Å². The number of ether oxygens (including phenoxy) is 2. The highest BCUT2D eigenvalue weighted by Gasteiger charge is 2.08. The Morgan fingerprint density at radius 1 is 1.05 bits per heavy atom. The van der Waals surface area contributed by atoms with E-state index in [-0.39, 0.29) is 0 Å². The number of hydrogen-bond acceptors (Lipinski definition) is 3. The molecule has 0 spiro atoms. The smallest absolute Gasteiger partial charge is 0.102 e. The lowest BCUT2D eigenvalue weighted by Crippen LogP contribution is -2.09. The number of hydrogen-bond donors (Lipinski definition) is 1. The minimum absolute atomic E-state index is 0.321. The molecular weight excluding hydrogens is 240 g/mol. The summed E-state index contributed by atoms with van der Waals surface area (Å²) < 4.78 is 10.4. The lowest BCUT2D eigenvalue weighted by molar-refractivity contribution is 0.0280. The van der Waals surface area contributed by atoms with Crippen LogP contribution in [0.4, 0.5) is 0 Å². The van der Waals surface area contributed by atoms with Crippen molar-refractivity contribution in [2.24, 2.45) is 0 Å². The summed E-state index contributed by atoms with van der Waals surface area (Å²) in [6.45, 7) is 1.62. The van der Waals surface area contributed by atoms with E-state index in [1.807, 2.05) is 36.4 Å². The quantitative estimate of drug-likeness (QED) is 0.778. The van der Waals surface area contributed by atoms with E-state index in [4.69, 9.17) is 9.47 Å². The van der Waals surface area contributed by atoms with Gasteiger partial charge in [-0.15, -0.1) is 0 Å². The van der Waals surface area contributed by atoms with Crippen LogP contribution in [0.1, 0.15) is 18.1 Å². The molecule has 0 aliphatic rings. The number of fused-ring (bicyclic) bond motifs is 1. The van der Waals surface area contributed by atoms with Crippen molar-refractivity contribution in [2.45, 2.75) is 12.5 Å². The zero-order valence-electron chi connectivity index (χ0n) is 11.2. The third-order valence-electron chi connectivity index (χ3n) is 3.07. The first-order valence-electron chi connectivity index (χ1n) is 6.54. The summed E-state index contributed by atoms with van der Waals surface area (Å²) in [7, 11) is 1.67. The molecule has 0 aliphatic heterocycles. The summed E-state index contributed by atoms with van der Waals surface area (Å²) >= 11 is 0. The molecule has 1 unspecified atom stereocenters. The van der Waals surface area contributed by atoms with Crippen molar-refractivity contribution in [1.82, 2.24) is 0 Å².